The number of ether oxygens (including phenoxy) is 3. The first kappa shape index (κ1) is 24.2. The highest BCUT2D eigenvalue weighted by atomic mass is 28.4. The molecule has 7 atom stereocenters. The molecule has 0 unspecified atom stereocenters. The summed E-state index contributed by atoms with van der Waals surface area (Å²) < 4.78 is 24.0. The Morgan fingerprint density at radius 1 is 0.971 bits per heavy atom. The quantitative estimate of drug-likeness (QED) is 0.349. The maximum Gasteiger partial charge on any atom is 0.310 e. The van der Waals surface area contributed by atoms with Gasteiger partial charge in [0.2, 0.25) is 0 Å². The first-order chi connectivity index (χ1) is 16.7. The van der Waals surface area contributed by atoms with E-state index in [1.165, 1.54) is 17.5 Å². The number of carbonyl (C=O) groups excluding carboxylic acids is 2. The van der Waals surface area contributed by atoms with Gasteiger partial charge in [-0.2, -0.15) is 0 Å². The lowest BCUT2D eigenvalue weighted by Crippen LogP contribution is -2.67. The molecule has 6 nitrogen and oxygen atoms in total. The molecule has 186 valence electrons. The Kier molecular flexibility index (Phi) is 6.14. The second-order valence-corrected chi connectivity index (χ2v) is 15.3. The molecule has 0 bridgehead atoms. The Bertz CT molecular complexity index is 1040. The molecule has 7 heteroatoms. The van der Waals surface area contributed by atoms with Gasteiger partial charge in [-0.1, -0.05) is 81.4 Å². The van der Waals surface area contributed by atoms with Crippen molar-refractivity contribution in [1.82, 2.24) is 0 Å². The van der Waals surface area contributed by atoms with Gasteiger partial charge in [0, 0.05) is 18.4 Å². The number of fused-ring (bicyclic) bond motifs is 3. The van der Waals surface area contributed by atoms with Crippen molar-refractivity contribution < 1.29 is 28.2 Å². The first-order valence-electron chi connectivity index (χ1n) is 12.4. The van der Waals surface area contributed by atoms with Crippen LogP contribution in [-0.2, 0) is 28.2 Å². The number of esters is 2. The lowest BCUT2D eigenvalue weighted by atomic mass is 9.66. The van der Waals surface area contributed by atoms with Crippen molar-refractivity contribution in [3.05, 3.63) is 60.7 Å². The Balaban J connectivity index is 1.55. The van der Waals surface area contributed by atoms with Crippen molar-refractivity contribution in [2.75, 3.05) is 13.7 Å². The van der Waals surface area contributed by atoms with Crippen molar-refractivity contribution in [3.8, 4) is 0 Å². The van der Waals surface area contributed by atoms with E-state index in [1.807, 2.05) is 43.3 Å². The molecule has 2 saturated heterocycles. The normalized spacial score (nSPS) is 31.8. The molecule has 1 aliphatic carbocycles. The van der Waals surface area contributed by atoms with Crippen LogP contribution in [0.15, 0.2) is 60.7 Å². The van der Waals surface area contributed by atoms with E-state index in [0.717, 1.165) is 0 Å². The zero-order valence-electron chi connectivity index (χ0n) is 21.0. The minimum absolute atomic E-state index is 0.0879. The van der Waals surface area contributed by atoms with E-state index in [2.05, 4.69) is 45.0 Å². The van der Waals surface area contributed by atoms with Crippen LogP contribution in [0.3, 0.4) is 0 Å². The number of methoxy groups -OCH3 is 1. The second kappa shape index (κ2) is 8.87. The fourth-order valence-corrected chi connectivity index (χ4v) is 11.1. The third-order valence-corrected chi connectivity index (χ3v) is 13.1. The van der Waals surface area contributed by atoms with Crippen LogP contribution in [0.4, 0.5) is 0 Å². The van der Waals surface area contributed by atoms with Crippen LogP contribution in [0.25, 0.3) is 0 Å². The van der Waals surface area contributed by atoms with E-state index >= 15 is 0 Å². The van der Waals surface area contributed by atoms with Crippen LogP contribution >= 0.6 is 0 Å². The predicted octanol–water partition coefficient (Wildman–Crippen LogP) is 2.93. The molecule has 0 aromatic heterocycles. The van der Waals surface area contributed by atoms with Gasteiger partial charge in [-0.3, -0.25) is 9.59 Å². The van der Waals surface area contributed by atoms with Gasteiger partial charge in [-0.05, 0) is 22.3 Å². The topological polar surface area (TPSA) is 74.4 Å². The largest absolute Gasteiger partial charge is 0.469 e. The summed E-state index contributed by atoms with van der Waals surface area (Å²) in [5, 5.41) is 2.14. The van der Waals surface area contributed by atoms with Gasteiger partial charge in [0.05, 0.1) is 31.2 Å². The second-order valence-electron chi connectivity index (χ2n) is 11.0. The van der Waals surface area contributed by atoms with Crippen LogP contribution in [0.2, 0.25) is 5.04 Å². The number of epoxide rings is 1. The van der Waals surface area contributed by atoms with Crippen molar-refractivity contribution >= 4 is 30.6 Å². The molecule has 3 aliphatic rings. The van der Waals surface area contributed by atoms with Crippen LogP contribution in [-0.4, -0.2) is 52.3 Å². The van der Waals surface area contributed by atoms with Gasteiger partial charge < -0.3 is 18.6 Å². The highest BCUT2D eigenvalue weighted by molar-refractivity contribution is 6.99. The van der Waals surface area contributed by atoms with E-state index in [0.29, 0.717) is 6.61 Å². The number of rotatable bonds is 6. The van der Waals surface area contributed by atoms with Gasteiger partial charge in [0.1, 0.15) is 6.10 Å². The number of cyclic esters (lactones) is 1. The highest BCUT2D eigenvalue weighted by Crippen LogP contribution is 2.55. The van der Waals surface area contributed by atoms with Gasteiger partial charge in [-0.15, -0.1) is 0 Å². The van der Waals surface area contributed by atoms with E-state index in [1.54, 1.807) is 0 Å². The summed E-state index contributed by atoms with van der Waals surface area (Å²) >= 11 is 0. The van der Waals surface area contributed by atoms with Crippen LogP contribution in [0, 0.1) is 23.7 Å². The van der Waals surface area contributed by atoms with Gasteiger partial charge >= 0.3 is 11.9 Å². The van der Waals surface area contributed by atoms with E-state index in [-0.39, 0.29) is 41.2 Å². The minimum atomic E-state index is -2.81. The van der Waals surface area contributed by atoms with Crippen LogP contribution in [0.1, 0.15) is 27.7 Å². The molecule has 35 heavy (non-hydrogen) atoms. The molecule has 2 heterocycles. The number of benzene rings is 2. The molecular formula is C28H34O6Si. The smallest absolute Gasteiger partial charge is 0.310 e. The number of hydrogen-bond donors (Lipinski definition) is 0. The monoisotopic (exact) mass is 494 g/mol. The molecule has 0 spiro atoms. The Hall–Kier alpha value is -2.48. The summed E-state index contributed by atoms with van der Waals surface area (Å²) in [5.41, 5.74) is 0. The molecule has 0 N–H and O–H groups in total. The summed E-state index contributed by atoms with van der Waals surface area (Å²) in [6, 6.07) is 20.8. The summed E-state index contributed by atoms with van der Waals surface area (Å²) in [5.74, 6) is -2.34. The molecule has 2 aliphatic heterocycles. The van der Waals surface area contributed by atoms with Crippen LogP contribution < -0.4 is 10.4 Å². The van der Waals surface area contributed by atoms with E-state index < -0.39 is 26.1 Å². The van der Waals surface area contributed by atoms with Gasteiger partial charge in [0.25, 0.3) is 8.32 Å². The Labute approximate surface area is 208 Å². The fraction of sp³-hybridized carbons (Fsp3) is 0.500. The van der Waals surface area contributed by atoms with Gasteiger partial charge in [-0.25, -0.2) is 0 Å². The fourth-order valence-electron chi connectivity index (χ4n) is 6.55. The highest BCUT2D eigenvalue weighted by Gasteiger charge is 2.69. The zero-order chi connectivity index (χ0) is 25.0. The molecule has 3 fully saturated rings. The maximum atomic E-state index is 13.1. The third kappa shape index (κ3) is 3.84. The standard InChI is InChI=1S/C28H34O6Si/c1-17-21-23(27(30)33-17)22(26(29)31-5)20(24-25(21)34-24)16-32-35(28(2,3)4,18-12-8-6-9-13-18)19-14-10-7-11-15-19/h6-15,17,20-25H,16H2,1-5H3/t17-,20-,21+,22+,23-,24+,25-/m1/s1. The maximum absolute atomic E-state index is 13.1. The first-order valence-corrected chi connectivity index (χ1v) is 14.3. The minimum Gasteiger partial charge on any atom is -0.469 e. The molecule has 0 amide bonds. The van der Waals surface area contributed by atoms with Crippen LogP contribution in [0.5, 0.6) is 0 Å². The third-order valence-electron chi connectivity index (χ3n) is 8.12. The molecule has 2 aromatic rings. The Morgan fingerprint density at radius 2 is 1.54 bits per heavy atom. The van der Waals surface area contributed by atoms with E-state index in [9.17, 15) is 9.59 Å². The van der Waals surface area contributed by atoms with Crippen molar-refractivity contribution in [2.24, 2.45) is 23.7 Å². The zero-order valence-corrected chi connectivity index (χ0v) is 22.0. The number of carbonyl (C=O) groups is 2. The molecular weight excluding hydrogens is 460 g/mol. The molecule has 1 saturated carbocycles. The SMILES string of the molecule is COC(=O)[C@H]1[C@@H](CO[Si](c2ccccc2)(c2ccccc2)C(C)(C)C)[C@@H]2O[C@@H]2[C@@H]2[C@H]1C(=O)O[C@@H]2C. The average Bonchev–Trinajstić information content (AvgIpc) is 3.58. The van der Waals surface area contributed by atoms with Gasteiger partial charge in [0.15, 0.2) is 0 Å². The molecule has 2 aromatic carbocycles. The summed E-state index contributed by atoms with van der Waals surface area (Å²) in [6.07, 6.45) is -0.501. The van der Waals surface area contributed by atoms with Crippen molar-refractivity contribution in [1.29, 1.82) is 0 Å². The predicted molar refractivity (Wildman–Crippen MR) is 134 cm³/mol. The van der Waals surface area contributed by atoms with Crippen molar-refractivity contribution in [3.63, 3.8) is 0 Å². The lowest BCUT2D eigenvalue weighted by Gasteiger charge is -2.44. The summed E-state index contributed by atoms with van der Waals surface area (Å²) in [4.78, 5) is 25.9. The summed E-state index contributed by atoms with van der Waals surface area (Å²) in [7, 11) is -1.43. The average molecular weight is 495 g/mol. The van der Waals surface area contributed by atoms with E-state index in [4.69, 9.17) is 18.6 Å². The lowest BCUT2D eigenvalue weighted by molar-refractivity contribution is -0.158. The molecule has 5 rings (SSSR count). The Morgan fingerprint density at radius 3 is 2.06 bits per heavy atom. The van der Waals surface area contributed by atoms with Crippen molar-refractivity contribution in [2.45, 2.75) is 51.0 Å². The molecule has 0 radical (unpaired) electrons. The summed E-state index contributed by atoms with van der Waals surface area (Å²) in [6.45, 7) is 8.86. The number of hydrogen-bond acceptors (Lipinski definition) is 6.